The lowest BCUT2D eigenvalue weighted by Gasteiger charge is -2.27. The van der Waals surface area contributed by atoms with Gasteiger partial charge in [-0.1, -0.05) is 11.6 Å². The topological polar surface area (TPSA) is 160 Å². The highest BCUT2D eigenvalue weighted by atomic mass is 35.5. The number of nitrogens with zero attached hydrogens (tertiary/aromatic N) is 6. The van der Waals surface area contributed by atoms with Crippen LogP contribution in [0.25, 0.3) is 5.65 Å². The van der Waals surface area contributed by atoms with Crippen molar-refractivity contribution in [3.63, 3.8) is 0 Å². The van der Waals surface area contributed by atoms with Crippen molar-refractivity contribution in [2.75, 3.05) is 22.6 Å². The van der Waals surface area contributed by atoms with E-state index in [0.29, 0.717) is 35.2 Å². The van der Waals surface area contributed by atoms with Gasteiger partial charge in [0, 0.05) is 42.3 Å². The first-order valence-corrected chi connectivity index (χ1v) is 12.1. The molecule has 0 spiro atoms. The van der Waals surface area contributed by atoms with Crippen molar-refractivity contribution >= 4 is 46.2 Å². The average Bonchev–Trinajstić information content (AvgIpc) is 3.48. The number of pyridine rings is 1. The number of hydrogen-bond acceptors (Lipinski definition) is 9. The third kappa shape index (κ3) is 5.40. The summed E-state index contributed by atoms with van der Waals surface area (Å²) < 4.78 is 3.14. The van der Waals surface area contributed by atoms with E-state index < -0.39 is 5.91 Å². The Bertz CT molecular complexity index is 1360. The first kappa shape index (κ1) is 24.0. The second-order valence-electron chi connectivity index (χ2n) is 8.71. The molecule has 1 fully saturated rings. The van der Waals surface area contributed by atoms with Gasteiger partial charge in [0.1, 0.15) is 11.0 Å². The van der Waals surface area contributed by atoms with Crippen LogP contribution in [0, 0.1) is 0 Å². The zero-order valence-electron chi connectivity index (χ0n) is 19.4. The maximum Gasteiger partial charge on any atom is 0.276 e. The number of halogens is 1. The van der Waals surface area contributed by atoms with E-state index >= 15 is 0 Å². The molecule has 1 amide bonds. The van der Waals surface area contributed by atoms with Gasteiger partial charge in [-0.25, -0.2) is 14.5 Å². The molecule has 1 saturated carbocycles. The highest BCUT2D eigenvalue weighted by molar-refractivity contribution is 6.29. The summed E-state index contributed by atoms with van der Waals surface area (Å²) >= 11 is 5.95. The number of fused-ring (bicyclic) bond motifs is 1. The first-order valence-electron chi connectivity index (χ1n) is 11.7. The average molecular weight is 511 g/mol. The largest absolute Gasteiger partial charge is 0.394 e. The Morgan fingerprint density at radius 2 is 1.97 bits per heavy atom. The van der Waals surface area contributed by atoms with Gasteiger partial charge < -0.3 is 26.8 Å². The molecule has 13 heteroatoms. The summed E-state index contributed by atoms with van der Waals surface area (Å²) in [7, 11) is 0. The third-order valence-electron chi connectivity index (χ3n) is 6.04. The number of aromatic nitrogens is 6. The lowest BCUT2D eigenvalue weighted by molar-refractivity contribution is 0.102. The molecular weight excluding hydrogens is 484 g/mol. The summed E-state index contributed by atoms with van der Waals surface area (Å²) in [5.74, 6) is 0.780. The molecule has 0 atom stereocenters. The molecule has 0 aliphatic heterocycles. The number of carbonyl (C=O) groups is 1. The number of amides is 1. The molecule has 5 rings (SSSR count). The highest BCUT2D eigenvalue weighted by Gasteiger charge is 2.22. The van der Waals surface area contributed by atoms with Gasteiger partial charge in [-0.15, -0.1) is 5.10 Å². The summed E-state index contributed by atoms with van der Waals surface area (Å²) in [6.07, 6.45) is 8.53. The maximum absolute atomic E-state index is 13.1. The van der Waals surface area contributed by atoms with Crippen molar-refractivity contribution in [1.29, 1.82) is 0 Å². The number of aliphatic hydroxyl groups excluding tert-OH is 1. The van der Waals surface area contributed by atoms with Crippen molar-refractivity contribution in [3.8, 4) is 0 Å². The van der Waals surface area contributed by atoms with Crippen molar-refractivity contribution in [2.24, 2.45) is 5.73 Å². The fraction of sp³-hybridized carbons (Fsp3) is 0.348. The van der Waals surface area contributed by atoms with Crippen molar-refractivity contribution in [3.05, 3.63) is 53.7 Å². The molecule has 4 heterocycles. The second-order valence-corrected chi connectivity index (χ2v) is 9.10. The summed E-state index contributed by atoms with van der Waals surface area (Å²) in [6, 6.07) is 7.32. The molecule has 12 nitrogen and oxygen atoms in total. The molecule has 4 aromatic rings. The molecule has 6 N–H and O–H groups in total. The normalized spacial score (nSPS) is 17.8. The van der Waals surface area contributed by atoms with Crippen LogP contribution < -0.4 is 21.7 Å². The number of nitrogens with one attached hydrogen (secondary N) is 3. The molecule has 36 heavy (non-hydrogen) atoms. The van der Waals surface area contributed by atoms with Gasteiger partial charge in [0.05, 0.1) is 25.0 Å². The van der Waals surface area contributed by atoms with Crippen LogP contribution >= 0.6 is 11.6 Å². The van der Waals surface area contributed by atoms with E-state index in [4.69, 9.17) is 17.3 Å². The summed E-state index contributed by atoms with van der Waals surface area (Å²) in [4.78, 5) is 21.5. The smallest absolute Gasteiger partial charge is 0.276 e. The van der Waals surface area contributed by atoms with E-state index in [0.717, 1.165) is 25.7 Å². The van der Waals surface area contributed by atoms with Crippen LogP contribution in [0.4, 0.5) is 23.0 Å². The minimum Gasteiger partial charge on any atom is -0.394 e. The molecule has 0 saturated heterocycles. The molecule has 0 aromatic carbocycles. The zero-order chi connectivity index (χ0) is 25.1. The molecule has 1 aliphatic rings. The van der Waals surface area contributed by atoms with Crippen molar-refractivity contribution in [1.82, 2.24) is 29.4 Å². The van der Waals surface area contributed by atoms with E-state index in [1.807, 2.05) is 6.07 Å². The SMILES string of the molecule is N[C@H]1CC[C@H](Nc2cc(Nc3ccn(CCO)n3)c3ncc(C(=O)Nc4ccnc(Cl)c4)n3n2)CC1. The van der Waals surface area contributed by atoms with Gasteiger partial charge in [0.25, 0.3) is 5.91 Å². The van der Waals surface area contributed by atoms with Crippen LogP contribution in [0.15, 0.2) is 42.9 Å². The van der Waals surface area contributed by atoms with Crippen LogP contribution in [-0.4, -0.2) is 59.1 Å². The Kier molecular flexibility index (Phi) is 6.98. The van der Waals surface area contributed by atoms with Crippen LogP contribution in [-0.2, 0) is 6.54 Å². The predicted molar refractivity (Wildman–Crippen MR) is 137 cm³/mol. The van der Waals surface area contributed by atoms with Gasteiger partial charge in [-0.2, -0.15) is 5.10 Å². The molecule has 0 bridgehead atoms. The number of hydrogen-bond donors (Lipinski definition) is 5. The number of carbonyl (C=O) groups excluding carboxylic acids is 1. The Hall–Kier alpha value is -3.74. The Labute approximate surface area is 211 Å². The Balaban J connectivity index is 1.47. The van der Waals surface area contributed by atoms with E-state index in [1.165, 1.54) is 16.9 Å². The first-order chi connectivity index (χ1) is 17.5. The zero-order valence-corrected chi connectivity index (χ0v) is 20.2. The van der Waals surface area contributed by atoms with Crippen molar-refractivity contribution < 1.29 is 9.90 Å². The molecule has 0 unspecified atom stereocenters. The van der Waals surface area contributed by atoms with E-state index in [2.05, 4.69) is 36.1 Å². The van der Waals surface area contributed by atoms with E-state index in [1.54, 1.807) is 29.1 Å². The molecule has 188 valence electrons. The van der Waals surface area contributed by atoms with Crippen LogP contribution in [0.3, 0.4) is 0 Å². The predicted octanol–water partition coefficient (Wildman–Crippen LogP) is 2.64. The molecule has 1 aliphatic carbocycles. The molecule has 4 aromatic heterocycles. The Morgan fingerprint density at radius 1 is 1.14 bits per heavy atom. The highest BCUT2D eigenvalue weighted by Crippen LogP contribution is 2.27. The quantitative estimate of drug-likeness (QED) is 0.224. The van der Waals surface area contributed by atoms with Gasteiger partial charge >= 0.3 is 0 Å². The third-order valence-corrected chi connectivity index (χ3v) is 6.25. The summed E-state index contributed by atoms with van der Waals surface area (Å²) in [5.41, 5.74) is 7.91. The number of aliphatic hydroxyl groups is 1. The van der Waals surface area contributed by atoms with Crippen molar-refractivity contribution in [2.45, 2.75) is 44.3 Å². The molecule has 0 radical (unpaired) electrons. The van der Waals surface area contributed by atoms with Gasteiger partial charge in [0.15, 0.2) is 17.2 Å². The van der Waals surface area contributed by atoms with Gasteiger partial charge in [-0.05, 0) is 37.8 Å². The number of rotatable bonds is 8. The van der Waals surface area contributed by atoms with Crippen LogP contribution in [0.1, 0.15) is 36.2 Å². The lowest BCUT2D eigenvalue weighted by Crippen LogP contribution is -2.33. The monoisotopic (exact) mass is 510 g/mol. The second kappa shape index (κ2) is 10.5. The van der Waals surface area contributed by atoms with E-state index in [9.17, 15) is 9.90 Å². The maximum atomic E-state index is 13.1. The van der Waals surface area contributed by atoms with Gasteiger partial charge in [-0.3, -0.25) is 9.48 Å². The summed E-state index contributed by atoms with van der Waals surface area (Å²) in [5, 5.41) is 28.1. The fourth-order valence-corrected chi connectivity index (χ4v) is 4.40. The van der Waals surface area contributed by atoms with Gasteiger partial charge in [0.2, 0.25) is 0 Å². The van der Waals surface area contributed by atoms with Crippen LogP contribution in [0.2, 0.25) is 5.15 Å². The number of imidazole rings is 1. The molecular formula is C23H27ClN10O2. The number of nitrogens with two attached hydrogens (primary N) is 1. The lowest BCUT2D eigenvalue weighted by atomic mass is 9.92. The fourth-order valence-electron chi connectivity index (χ4n) is 4.23. The summed E-state index contributed by atoms with van der Waals surface area (Å²) in [6.45, 7) is 0.373. The standard InChI is InChI=1S/C23H27ClN10O2/c24-19-11-16(5-7-26-19)29-23(36)18-13-27-22-17(30-20-6-8-33(31-20)9-10-35)12-21(32-34(18)22)28-15-3-1-14(25)2-4-15/h5-8,11-15,35H,1-4,9-10,25H2,(H,28,32)(H,30,31)(H,26,29,36)/t14-,15-. The van der Waals surface area contributed by atoms with E-state index in [-0.39, 0.29) is 29.5 Å². The number of anilines is 4. The minimum absolute atomic E-state index is 0.0127. The van der Waals surface area contributed by atoms with Crippen LogP contribution in [0.5, 0.6) is 0 Å². The Morgan fingerprint density at radius 3 is 2.75 bits per heavy atom. The minimum atomic E-state index is -0.392.